The van der Waals surface area contributed by atoms with Crippen LogP contribution in [-0.4, -0.2) is 57.8 Å². The van der Waals surface area contributed by atoms with Gasteiger partial charge >= 0.3 is 0 Å². The zero-order valence-electron chi connectivity index (χ0n) is 17.4. The van der Waals surface area contributed by atoms with E-state index in [0.717, 1.165) is 48.7 Å². The number of hydrogen-bond donors (Lipinski definition) is 2. The van der Waals surface area contributed by atoms with E-state index in [1.165, 1.54) is 32.1 Å². The summed E-state index contributed by atoms with van der Waals surface area (Å²) in [6, 6.07) is 6.66. The first kappa shape index (κ1) is 21.4. The van der Waals surface area contributed by atoms with Gasteiger partial charge in [0.2, 0.25) is 0 Å². The van der Waals surface area contributed by atoms with Gasteiger partial charge < -0.3 is 25.0 Å². The standard InChI is InChI=1S/C21H36N4O2/c1-5-22-21(23-13-14-25(2)18-9-7-6-8-10-18)24-16-17-11-12-19(26-3)20(15-17)27-4/h11-12,15,18H,5-10,13-14,16H2,1-4H3,(H2,22,23,24). The van der Waals surface area contributed by atoms with Crippen molar-refractivity contribution in [3.8, 4) is 11.5 Å². The van der Waals surface area contributed by atoms with Gasteiger partial charge in [-0.25, -0.2) is 4.99 Å². The Kier molecular flexibility index (Phi) is 9.25. The van der Waals surface area contributed by atoms with Gasteiger partial charge in [0.1, 0.15) is 0 Å². The molecular weight excluding hydrogens is 340 g/mol. The number of likely N-dealkylation sites (N-methyl/N-ethyl adjacent to an activating group) is 1. The van der Waals surface area contributed by atoms with Gasteiger partial charge in [-0.05, 0) is 44.5 Å². The molecule has 0 atom stereocenters. The summed E-state index contributed by atoms with van der Waals surface area (Å²) >= 11 is 0. The van der Waals surface area contributed by atoms with Crippen LogP contribution in [0.1, 0.15) is 44.6 Å². The summed E-state index contributed by atoms with van der Waals surface area (Å²) in [5.74, 6) is 2.32. The van der Waals surface area contributed by atoms with E-state index in [1.54, 1.807) is 14.2 Å². The lowest BCUT2D eigenvalue weighted by molar-refractivity contribution is 0.194. The first-order chi connectivity index (χ1) is 13.2. The summed E-state index contributed by atoms with van der Waals surface area (Å²) < 4.78 is 10.7. The molecular formula is C21H36N4O2. The van der Waals surface area contributed by atoms with Crippen molar-refractivity contribution in [3.63, 3.8) is 0 Å². The van der Waals surface area contributed by atoms with Crippen LogP contribution in [0.2, 0.25) is 0 Å². The molecule has 1 aromatic rings. The molecule has 0 amide bonds. The molecule has 1 aliphatic carbocycles. The van der Waals surface area contributed by atoms with Crippen molar-refractivity contribution in [2.24, 2.45) is 4.99 Å². The highest BCUT2D eigenvalue weighted by Crippen LogP contribution is 2.27. The van der Waals surface area contributed by atoms with E-state index in [-0.39, 0.29) is 0 Å². The highest BCUT2D eigenvalue weighted by atomic mass is 16.5. The quantitative estimate of drug-likeness (QED) is 0.512. The molecule has 6 heteroatoms. The van der Waals surface area contributed by atoms with Gasteiger partial charge in [0, 0.05) is 25.7 Å². The summed E-state index contributed by atoms with van der Waals surface area (Å²) in [4.78, 5) is 7.19. The fourth-order valence-electron chi connectivity index (χ4n) is 3.55. The van der Waals surface area contributed by atoms with Crippen LogP contribution < -0.4 is 20.1 Å². The van der Waals surface area contributed by atoms with E-state index in [9.17, 15) is 0 Å². The highest BCUT2D eigenvalue weighted by molar-refractivity contribution is 5.79. The largest absolute Gasteiger partial charge is 0.493 e. The number of rotatable bonds is 9. The van der Waals surface area contributed by atoms with Crippen molar-refractivity contribution < 1.29 is 9.47 Å². The lowest BCUT2D eigenvalue weighted by atomic mass is 9.94. The van der Waals surface area contributed by atoms with Crippen molar-refractivity contribution in [1.29, 1.82) is 0 Å². The topological polar surface area (TPSA) is 58.1 Å². The Morgan fingerprint density at radius 3 is 2.52 bits per heavy atom. The molecule has 0 heterocycles. The van der Waals surface area contributed by atoms with Gasteiger partial charge in [-0.2, -0.15) is 0 Å². The smallest absolute Gasteiger partial charge is 0.191 e. The van der Waals surface area contributed by atoms with Crippen LogP contribution in [-0.2, 0) is 6.54 Å². The number of nitrogens with one attached hydrogen (secondary N) is 2. The fourth-order valence-corrected chi connectivity index (χ4v) is 3.55. The molecule has 152 valence electrons. The van der Waals surface area contributed by atoms with Gasteiger partial charge in [0.25, 0.3) is 0 Å². The van der Waals surface area contributed by atoms with E-state index in [1.807, 2.05) is 18.2 Å². The number of benzene rings is 1. The number of methoxy groups -OCH3 is 2. The molecule has 6 nitrogen and oxygen atoms in total. The van der Waals surface area contributed by atoms with Gasteiger partial charge in [0.15, 0.2) is 17.5 Å². The number of guanidine groups is 1. The van der Waals surface area contributed by atoms with Crippen molar-refractivity contribution >= 4 is 5.96 Å². The molecule has 1 fully saturated rings. The Labute approximate surface area is 164 Å². The minimum atomic E-state index is 0.591. The molecule has 0 unspecified atom stereocenters. The molecule has 0 aliphatic heterocycles. The lowest BCUT2D eigenvalue weighted by Crippen LogP contribution is -2.43. The molecule has 0 aromatic heterocycles. The first-order valence-electron chi connectivity index (χ1n) is 10.1. The molecule has 2 rings (SSSR count). The van der Waals surface area contributed by atoms with E-state index in [2.05, 4.69) is 29.5 Å². The van der Waals surface area contributed by atoms with Crippen LogP contribution in [0.15, 0.2) is 23.2 Å². The average Bonchev–Trinajstić information content (AvgIpc) is 2.72. The third-order valence-corrected chi connectivity index (χ3v) is 5.17. The summed E-state index contributed by atoms with van der Waals surface area (Å²) in [5, 5.41) is 6.78. The minimum Gasteiger partial charge on any atom is -0.493 e. The number of ether oxygens (including phenoxy) is 2. The molecule has 0 bridgehead atoms. The van der Waals surface area contributed by atoms with Crippen LogP contribution >= 0.6 is 0 Å². The first-order valence-corrected chi connectivity index (χ1v) is 10.1. The van der Waals surface area contributed by atoms with Crippen LogP contribution in [0.4, 0.5) is 0 Å². The Hall–Kier alpha value is -1.95. The molecule has 1 aliphatic rings. The highest BCUT2D eigenvalue weighted by Gasteiger charge is 2.17. The lowest BCUT2D eigenvalue weighted by Gasteiger charge is -2.31. The molecule has 1 saturated carbocycles. The second-order valence-electron chi connectivity index (χ2n) is 7.08. The van der Waals surface area contributed by atoms with Gasteiger partial charge in [0.05, 0.1) is 20.8 Å². The summed E-state index contributed by atoms with van der Waals surface area (Å²) in [7, 11) is 5.54. The Morgan fingerprint density at radius 2 is 1.85 bits per heavy atom. The molecule has 1 aromatic carbocycles. The third-order valence-electron chi connectivity index (χ3n) is 5.17. The van der Waals surface area contributed by atoms with E-state index < -0.39 is 0 Å². The molecule has 0 saturated heterocycles. The van der Waals surface area contributed by atoms with E-state index in [4.69, 9.17) is 14.5 Å². The van der Waals surface area contributed by atoms with Crippen molar-refractivity contribution in [2.45, 2.75) is 51.6 Å². The Morgan fingerprint density at radius 1 is 1.11 bits per heavy atom. The number of hydrogen-bond acceptors (Lipinski definition) is 4. The fraction of sp³-hybridized carbons (Fsp3) is 0.667. The summed E-state index contributed by atoms with van der Waals surface area (Å²) in [6.45, 7) is 5.45. The normalized spacial score (nSPS) is 15.7. The van der Waals surface area contributed by atoms with E-state index in [0.29, 0.717) is 6.54 Å². The van der Waals surface area contributed by atoms with Crippen molar-refractivity contribution in [3.05, 3.63) is 23.8 Å². The van der Waals surface area contributed by atoms with Gasteiger partial charge in [-0.1, -0.05) is 25.3 Å². The van der Waals surface area contributed by atoms with Gasteiger partial charge in [-0.3, -0.25) is 0 Å². The maximum atomic E-state index is 5.37. The Balaban J connectivity index is 1.86. The predicted octanol–water partition coefficient (Wildman–Crippen LogP) is 3.02. The molecule has 27 heavy (non-hydrogen) atoms. The Bertz CT molecular complexity index is 586. The minimum absolute atomic E-state index is 0.591. The number of nitrogens with zero attached hydrogens (tertiary/aromatic N) is 2. The number of aliphatic imine (C=N–C) groups is 1. The summed E-state index contributed by atoms with van der Waals surface area (Å²) in [5.41, 5.74) is 1.09. The monoisotopic (exact) mass is 376 g/mol. The van der Waals surface area contributed by atoms with Gasteiger partial charge in [-0.15, -0.1) is 0 Å². The second kappa shape index (κ2) is 11.7. The zero-order chi connectivity index (χ0) is 19.5. The maximum Gasteiger partial charge on any atom is 0.191 e. The maximum absolute atomic E-state index is 5.37. The average molecular weight is 377 g/mol. The summed E-state index contributed by atoms with van der Waals surface area (Å²) in [6.07, 6.45) is 6.82. The molecule has 2 N–H and O–H groups in total. The van der Waals surface area contributed by atoms with Crippen LogP contribution in [0.25, 0.3) is 0 Å². The SMILES string of the molecule is CCNC(=NCc1ccc(OC)c(OC)c1)NCCN(C)C1CCCCC1. The third kappa shape index (κ3) is 6.94. The zero-order valence-corrected chi connectivity index (χ0v) is 17.4. The van der Waals surface area contributed by atoms with Crippen LogP contribution in [0, 0.1) is 0 Å². The van der Waals surface area contributed by atoms with E-state index >= 15 is 0 Å². The predicted molar refractivity (Wildman–Crippen MR) is 112 cm³/mol. The van der Waals surface area contributed by atoms with Crippen LogP contribution in [0.3, 0.4) is 0 Å². The molecule has 0 radical (unpaired) electrons. The second-order valence-corrected chi connectivity index (χ2v) is 7.08. The van der Waals surface area contributed by atoms with Crippen molar-refractivity contribution in [1.82, 2.24) is 15.5 Å². The van der Waals surface area contributed by atoms with Crippen molar-refractivity contribution in [2.75, 3.05) is 40.9 Å². The van der Waals surface area contributed by atoms with Crippen LogP contribution in [0.5, 0.6) is 11.5 Å². The molecule has 0 spiro atoms.